The second-order valence-corrected chi connectivity index (χ2v) is 7.36. The molecule has 31 heavy (non-hydrogen) atoms. The van der Waals surface area contributed by atoms with Crippen LogP contribution in [-0.2, 0) is 4.79 Å². The summed E-state index contributed by atoms with van der Waals surface area (Å²) in [6.07, 6.45) is 2.70. The summed E-state index contributed by atoms with van der Waals surface area (Å²) in [5.74, 6) is 0.687. The van der Waals surface area contributed by atoms with E-state index in [1.165, 1.54) is 6.92 Å². The van der Waals surface area contributed by atoms with Crippen molar-refractivity contribution in [3.05, 3.63) is 24.8 Å². The Morgan fingerprint density at radius 2 is 2.10 bits per heavy atom. The minimum absolute atomic E-state index is 0.351. The highest BCUT2D eigenvalue weighted by Gasteiger charge is 2.29. The number of aromatic amines is 2. The molecule has 1 aliphatic rings. The van der Waals surface area contributed by atoms with Crippen molar-refractivity contribution in [2.75, 3.05) is 29.9 Å². The van der Waals surface area contributed by atoms with Gasteiger partial charge in [0.25, 0.3) is 12.0 Å². The summed E-state index contributed by atoms with van der Waals surface area (Å²) in [6.45, 7) is 1.79. The number of carbonyl (C=O) groups excluding carboxylic acids is 1. The van der Waals surface area contributed by atoms with Gasteiger partial charge in [-0.3, -0.25) is 4.79 Å². The molecule has 0 saturated carbocycles. The Morgan fingerprint density at radius 3 is 2.84 bits per heavy atom. The predicted octanol–water partition coefficient (Wildman–Crippen LogP) is 1.91. The molecule has 1 amide bonds. The number of hydrogen-bond donors (Lipinski definition) is 3. The summed E-state index contributed by atoms with van der Waals surface area (Å²) in [6, 6.07) is 0.788. The van der Waals surface area contributed by atoms with Gasteiger partial charge in [0.05, 0.1) is 10.9 Å². The van der Waals surface area contributed by atoms with Crippen LogP contribution < -0.4 is 20.5 Å². The average molecular weight is 435 g/mol. The third-order valence-corrected chi connectivity index (χ3v) is 5.00. The van der Waals surface area contributed by atoms with Crippen LogP contribution in [-0.4, -0.2) is 57.7 Å². The van der Waals surface area contributed by atoms with Crippen molar-refractivity contribution in [1.82, 2.24) is 25.3 Å². The molecular formula is C19H22F3N8O+. The van der Waals surface area contributed by atoms with Gasteiger partial charge in [-0.05, 0) is 24.7 Å². The molecule has 0 unspecified atom stereocenters. The van der Waals surface area contributed by atoms with Crippen LogP contribution in [0.4, 0.5) is 24.8 Å². The zero-order valence-electron chi connectivity index (χ0n) is 16.8. The van der Waals surface area contributed by atoms with Gasteiger partial charge in [0.15, 0.2) is 5.82 Å². The summed E-state index contributed by atoms with van der Waals surface area (Å²) >= 11 is 0. The Labute approximate surface area is 175 Å². The first kappa shape index (κ1) is 20.8. The number of carbonyl (C=O) groups is 1. The Balaban J connectivity index is 1.63. The number of aromatic nitrogens is 5. The smallest absolute Gasteiger partial charge is 0.358 e. The molecule has 1 saturated heterocycles. The molecule has 0 spiro atoms. The van der Waals surface area contributed by atoms with Crippen molar-refractivity contribution in [3.8, 4) is 11.4 Å². The third kappa shape index (κ3) is 4.84. The third-order valence-electron chi connectivity index (χ3n) is 5.00. The summed E-state index contributed by atoms with van der Waals surface area (Å²) in [7, 11) is 0. The van der Waals surface area contributed by atoms with Crippen molar-refractivity contribution >= 4 is 28.6 Å². The minimum Gasteiger partial charge on any atom is -0.358 e. The lowest BCUT2D eigenvalue weighted by Crippen LogP contribution is -2.42. The van der Waals surface area contributed by atoms with E-state index in [0.717, 1.165) is 36.9 Å². The fourth-order valence-electron chi connectivity index (χ4n) is 3.45. The number of H-pyrrole nitrogens is 2. The van der Waals surface area contributed by atoms with E-state index in [2.05, 4.69) is 30.2 Å². The highest BCUT2D eigenvalue weighted by molar-refractivity contribution is 5.91. The lowest BCUT2D eigenvalue weighted by atomic mass is 10.2. The molecule has 1 aliphatic heterocycles. The highest BCUT2D eigenvalue weighted by Crippen LogP contribution is 2.28. The lowest BCUT2D eigenvalue weighted by Gasteiger charge is -2.20. The van der Waals surface area contributed by atoms with Gasteiger partial charge in [0, 0.05) is 25.4 Å². The van der Waals surface area contributed by atoms with Crippen molar-refractivity contribution in [2.24, 2.45) is 0 Å². The summed E-state index contributed by atoms with van der Waals surface area (Å²) < 4.78 is 37.2. The maximum atomic E-state index is 12.4. The van der Waals surface area contributed by atoms with Crippen molar-refractivity contribution in [1.29, 1.82) is 0 Å². The number of nitrogens with one attached hydrogen (secondary N) is 4. The van der Waals surface area contributed by atoms with Crippen LogP contribution in [0, 0.1) is 0 Å². The molecule has 3 aromatic rings. The van der Waals surface area contributed by atoms with E-state index in [9.17, 15) is 18.0 Å². The van der Waals surface area contributed by atoms with Gasteiger partial charge in [-0.15, -0.1) is 0 Å². The molecule has 0 bridgehead atoms. The van der Waals surface area contributed by atoms with E-state index in [0.29, 0.717) is 23.1 Å². The largest absolute Gasteiger partial charge is 0.405 e. The molecule has 4 heterocycles. The van der Waals surface area contributed by atoms with Gasteiger partial charge in [-0.25, -0.2) is 15.0 Å². The van der Waals surface area contributed by atoms with Crippen molar-refractivity contribution in [2.45, 2.75) is 32.0 Å². The number of hydrogen-bond acceptors (Lipinski definition) is 6. The topological polar surface area (TPSA) is 113 Å². The van der Waals surface area contributed by atoms with Gasteiger partial charge in [-0.1, -0.05) is 0 Å². The van der Waals surface area contributed by atoms with Crippen LogP contribution in [0.1, 0.15) is 19.8 Å². The molecule has 1 atom stereocenters. The summed E-state index contributed by atoms with van der Waals surface area (Å²) in [5, 5.41) is 5.58. The molecular weight excluding hydrogens is 413 g/mol. The van der Waals surface area contributed by atoms with E-state index in [1.54, 1.807) is 24.8 Å². The number of anilines is 2. The molecule has 1 fully saturated rings. The second-order valence-electron chi connectivity index (χ2n) is 7.36. The van der Waals surface area contributed by atoms with Crippen LogP contribution in [0.25, 0.3) is 22.4 Å². The first-order valence-electron chi connectivity index (χ1n) is 9.89. The first-order chi connectivity index (χ1) is 14.8. The molecule has 4 N–H and O–H groups in total. The van der Waals surface area contributed by atoms with Crippen LogP contribution in [0.2, 0.25) is 0 Å². The van der Waals surface area contributed by atoms with E-state index >= 15 is 0 Å². The number of fused-ring (bicyclic) bond motifs is 1. The maximum Gasteiger partial charge on any atom is 0.405 e. The number of halogens is 3. The molecule has 0 aliphatic carbocycles. The van der Waals surface area contributed by atoms with Gasteiger partial charge in [0.1, 0.15) is 30.4 Å². The quantitative estimate of drug-likeness (QED) is 0.545. The Bertz CT molecular complexity index is 1080. The van der Waals surface area contributed by atoms with Gasteiger partial charge in [0.2, 0.25) is 5.91 Å². The zero-order chi connectivity index (χ0) is 22.0. The molecule has 12 heteroatoms. The number of rotatable bonds is 6. The van der Waals surface area contributed by atoms with Gasteiger partial charge in [-0.2, -0.15) is 13.2 Å². The monoisotopic (exact) mass is 435 g/mol. The highest BCUT2D eigenvalue weighted by atomic mass is 19.4. The number of nitrogens with zero attached hydrogens (tertiary/aromatic N) is 4. The average Bonchev–Trinajstić information content (AvgIpc) is 3.41. The summed E-state index contributed by atoms with van der Waals surface area (Å²) in [4.78, 5) is 33.6. The minimum atomic E-state index is -4.47. The van der Waals surface area contributed by atoms with Crippen LogP contribution in [0.3, 0.4) is 0 Å². The molecule has 3 aromatic heterocycles. The SMILES string of the molecule is C[C@H](Nc1cc(N2CCCC2)nc(-c2c[nH]c3nc[nH+]cc23)n1)C(=O)NCC(F)(F)F. The van der Waals surface area contributed by atoms with Crippen molar-refractivity contribution < 1.29 is 22.9 Å². The fourth-order valence-corrected chi connectivity index (χ4v) is 3.45. The maximum absolute atomic E-state index is 12.4. The molecule has 9 nitrogen and oxygen atoms in total. The zero-order valence-corrected chi connectivity index (χ0v) is 16.8. The number of amides is 1. The Kier molecular flexibility index (Phi) is 5.61. The molecule has 164 valence electrons. The first-order valence-corrected chi connectivity index (χ1v) is 9.89. The molecule has 4 rings (SSSR count). The van der Waals surface area contributed by atoms with Crippen LogP contribution in [0.5, 0.6) is 0 Å². The molecule has 0 radical (unpaired) electrons. The Hall–Kier alpha value is -3.44. The van der Waals surface area contributed by atoms with Gasteiger partial charge < -0.3 is 20.5 Å². The number of alkyl halides is 3. The lowest BCUT2D eigenvalue weighted by molar-refractivity contribution is -0.380. The predicted molar refractivity (Wildman–Crippen MR) is 107 cm³/mol. The van der Waals surface area contributed by atoms with Crippen molar-refractivity contribution in [3.63, 3.8) is 0 Å². The normalized spacial score (nSPS) is 15.3. The second kappa shape index (κ2) is 8.36. The Morgan fingerprint density at radius 1 is 1.32 bits per heavy atom. The summed E-state index contributed by atoms with van der Waals surface area (Å²) in [5.41, 5.74) is 1.39. The van der Waals surface area contributed by atoms with E-state index in [1.807, 2.05) is 5.32 Å². The van der Waals surface area contributed by atoms with Crippen LogP contribution in [0.15, 0.2) is 24.8 Å². The molecule has 0 aromatic carbocycles. The van der Waals surface area contributed by atoms with E-state index in [4.69, 9.17) is 4.98 Å². The van der Waals surface area contributed by atoms with E-state index < -0.39 is 24.7 Å². The fraction of sp³-hybridized carbons (Fsp3) is 0.421. The standard InChI is InChI=1S/C19H21F3N8O/c1-11(18(31)25-9-19(20,21)22)27-14-6-15(30-4-2-3-5-30)29-17(28-14)13-8-24-16-12(13)7-23-10-26-16/h6-8,10-11H,2-5,9H2,1H3,(H,25,31)(H,23,24,26)(H,27,28,29)/p+1/t11-/m0/s1. The van der Waals surface area contributed by atoms with Crippen LogP contribution >= 0.6 is 0 Å². The van der Waals surface area contributed by atoms with Gasteiger partial charge >= 0.3 is 6.18 Å². The van der Waals surface area contributed by atoms with E-state index in [-0.39, 0.29) is 0 Å².